The Morgan fingerprint density at radius 1 is 1.18 bits per heavy atom. The van der Waals surface area contributed by atoms with Crippen molar-refractivity contribution in [1.82, 2.24) is 0 Å². The van der Waals surface area contributed by atoms with Crippen molar-refractivity contribution < 1.29 is 0 Å². The zero-order valence-corrected chi connectivity index (χ0v) is 10.9. The third kappa shape index (κ3) is 1.77. The van der Waals surface area contributed by atoms with Gasteiger partial charge in [0, 0.05) is 10.4 Å². The van der Waals surface area contributed by atoms with Gasteiger partial charge in [0.2, 0.25) is 0 Å². The lowest BCUT2D eigenvalue weighted by atomic mass is 10.0. The number of hydrogen-bond donors (Lipinski definition) is 1. The zero-order valence-electron chi connectivity index (χ0n) is 10.1. The first-order valence-corrected chi connectivity index (χ1v) is 7.10. The fourth-order valence-corrected chi connectivity index (χ4v) is 3.83. The predicted octanol–water partition coefficient (Wildman–Crippen LogP) is 4.05. The number of aryl methyl sites for hydroxylation is 2. The maximum Gasteiger partial charge on any atom is 0.0941 e. The molecule has 0 aliphatic heterocycles. The number of thiophene rings is 1. The van der Waals surface area contributed by atoms with Gasteiger partial charge in [0.15, 0.2) is 0 Å². The molecule has 17 heavy (non-hydrogen) atoms. The molecule has 1 heterocycles. The third-order valence-electron chi connectivity index (χ3n) is 3.60. The summed E-state index contributed by atoms with van der Waals surface area (Å²) in [5, 5.41) is 0.999. The lowest BCUT2D eigenvalue weighted by molar-refractivity contribution is 0.915. The Morgan fingerprint density at radius 2 is 1.94 bits per heavy atom. The van der Waals surface area contributed by atoms with Gasteiger partial charge >= 0.3 is 0 Å². The van der Waals surface area contributed by atoms with Gasteiger partial charge in [-0.2, -0.15) is 0 Å². The second-order valence-corrected chi connectivity index (χ2v) is 5.78. The molecule has 2 N–H and O–H groups in total. The van der Waals surface area contributed by atoms with Crippen LogP contribution in [0, 0.1) is 0 Å². The molecule has 0 fully saturated rings. The van der Waals surface area contributed by atoms with Crippen LogP contribution in [0.3, 0.4) is 0 Å². The minimum Gasteiger partial charge on any atom is -0.390 e. The van der Waals surface area contributed by atoms with Gasteiger partial charge in [-0.3, -0.25) is 0 Å². The lowest BCUT2D eigenvalue weighted by Crippen LogP contribution is -1.89. The summed E-state index contributed by atoms with van der Waals surface area (Å²) in [5.74, 6) is 0. The Balaban J connectivity index is 2.08. The molecular formula is C15H17NS. The molecule has 0 spiro atoms. The standard InChI is InChI=1S/C15H17NS/c1-2-10-6-8-11(9-7-10)14-12-4-3-5-13(12)17-15(14)16/h6-9H,2-5,16H2,1H3. The molecule has 0 saturated carbocycles. The Bertz CT molecular complexity index is 537. The number of fused-ring (bicyclic) bond motifs is 1. The van der Waals surface area contributed by atoms with Crippen LogP contribution in [-0.4, -0.2) is 0 Å². The van der Waals surface area contributed by atoms with Crippen LogP contribution in [0.5, 0.6) is 0 Å². The van der Waals surface area contributed by atoms with E-state index in [1.165, 1.54) is 46.4 Å². The van der Waals surface area contributed by atoms with Gasteiger partial charge in [0.25, 0.3) is 0 Å². The van der Waals surface area contributed by atoms with Gasteiger partial charge in [-0.05, 0) is 42.4 Å². The largest absolute Gasteiger partial charge is 0.390 e. The third-order valence-corrected chi connectivity index (χ3v) is 4.72. The predicted molar refractivity (Wildman–Crippen MR) is 75.6 cm³/mol. The van der Waals surface area contributed by atoms with Crippen molar-refractivity contribution in [1.29, 1.82) is 0 Å². The van der Waals surface area contributed by atoms with E-state index < -0.39 is 0 Å². The Morgan fingerprint density at radius 3 is 2.65 bits per heavy atom. The molecular weight excluding hydrogens is 226 g/mol. The fourth-order valence-electron chi connectivity index (χ4n) is 2.65. The molecule has 1 aromatic heterocycles. The van der Waals surface area contributed by atoms with Crippen molar-refractivity contribution in [3.8, 4) is 11.1 Å². The summed E-state index contributed by atoms with van der Waals surface area (Å²) in [6.45, 7) is 2.19. The van der Waals surface area contributed by atoms with Gasteiger partial charge in [0.05, 0.1) is 5.00 Å². The van der Waals surface area contributed by atoms with E-state index >= 15 is 0 Å². The first-order chi connectivity index (χ1) is 8.29. The topological polar surface area (TPSA) is 26.0 Å². The van der Waals surface area contributed by atoms with Crippen LogP contribution in [-0.2, 0) is 19.3 Å². The molecule has 0 atom stereocenters. The lowest BCUT2D eigenvalue weighted by Gasteiger charge is -2.05. The molecule has 1 aromatic carbocycles. The van der Waals surface area contributed by atoms with E-state index in [0.717, 1.165) is 11.4 Å². The summed E-state index contributed by atoms with van der Waals surface area (Å²) in [5.41, 5.74) is 11.7. The summed E-state index contributed by atoms with van der Waals surface area (Å²) < 4.78 is 0. The summed E-state index contributed by atoms with van der Waals surface area (Å²) in [4.78, 5) is 1.51. The molecule has 0 unspecified atom stereocenters. The van der Waals surface area contributed by atoms with E-state index in [1.54, 1.807) is 11.3 Å². The molecule has 2 aromatic rings. The number of nitrogens with two attached hydrogens (primary N) is 1. The molecule has 1 nitrogen and oxygen atoms in total. The number of anilines is 1. The fraction of sp³-hybridized carbons (Fsp3) is 0.333. The highest BCUT2D eigenvalue weighted by Gasteiger charge is 2.21. The summed E-state index contributed by atoms with van der Waals surface area (Å²) in [6, 6.07) is 8.87. The van der Waals surface area contributed by atoms with Crippen LogP contribution in [0.2, 0.25) is 0 Å². The van der Waals surface area contributed by atoms with Crippen LogP contribution >= 0.6 is 11.3 Å². The van der Waals surface area contributed by atoms with Gasteiger partial charge in [-0.1, -0.05) is 31.2 Å². The molecule has 2 heteroatoms. The van der Waals surface area contributed by atoms with Crippen LogP contribution in [0.1, 0.15) is 29.3 Å². The second-order valence-electron chi connectivity index (χ2n) is 4.65. The highest BCUT2D eigenvalue weighted by molar-refractivity contribution is 7.16. The van der Waals surface area contributed by atoms with Gasteiger partial charge in [-0.15, -0.1) is 11.3 Å². The number of rotatable bonds is 2. The monoisotopic (exact) mass is 243 g/mol. The Labute approximate surface area is 106 Å². The molecule has 0 bridgehead atoms. The Hall–Kier alpha value is -1.28. The van der Waals surface area contributed by atoms with Crippen molar-refractivity contribution >= 4 is 16.3 Å². The van der Waals surface area contributed by atoms with E-state index in [-0.39, 0.29) is 0 Å². The van der Waals surface area contributed by atoms with Crippen LogP contribution < -0.4 is 5.73 Å². The zero-order chi connectivity index (χ0) is 11.8. The highest BCUT2D eigenvalue weighted by Crippen LogP contribution is 2.43. The highest BCUT2D eigenvalue weighted by atomic mass is 32.1. The minimum atomic E-state index is 0.999. The second kappa shape index (κ2) is 4.19. The smallest absolute Gasteiger partial charge is 0.0941 e. The Kier molecular flexibility index (Phi) is 2.67. The normalized spacial score (nSPS) is 13.9. The van der Waals surface area contributed by atoms with Crippen molar-refractivity contribution in [2.75, 3.05) is 5.73 Å². The molecule has 88 valence electrons. The van der Waals surface area contributed by atoms with Crippen molar-refractivity contribution in [2.24, 2.45) is 0 Å². The molecule has 3 rings (SSSR count). The van der Waals surface area contributed by atoms with E-state index in [1.807, 2.05) is 0 Å². The molecule has 1 aliphatic rings. The molecule has 1 aliphatic carbocycles. The van der Waals surface area contributed by atoms with Crippen molar-refractivity contribution in [2.45, 2.75) is 32.6 Å². The average molecular weight is 243 g/mol. The molecule has 0 radical (unpaired) electrons. The maximum atomic E-state index is 6.17. The SMILES string of the molecule is CCc1ccc(-c2c(N)sc3c2CCC3)cc1. The summed E-state index contributed by atoms with van der Waals surface area (Å²) >= 11 is 1.79. The van der Waals surface area contributed by atoms with E-state index in [0.29, 0.717) is 0 Å². The van der Waals surface area contributed by atoms with Crippen LogP contribution in [0.15, 0.2) is 24.3 Å². The van der Waals surface area contributed by atoms with E-state index in [4.69, 9.17) is 5.73 Å². The summed E-state index contributed by atoms with van der Waals surface area (Å²) in [7, 11) is 0. The minimum absolute atomic E-state index is 0.999. The van der Waals surface area contributed by atoms with Gasteiger partial charge in [-0.25, -0.2) is 0 Å². The average Bonchev–Trinajstić information content (AvgIpc) is 2.89. The van der Waals surface area contributed by atoms with Crippen molar-refractivity contribution in [3.63, 3.8) is 0 Å². The van der Waals surface area contributed by atoms with Gasteiger partial charge < -0.3 is 5.73 Å². The molecule has 0 saturated heterocycles. The van der Waals surface area contributed by atoms with E-state index in [2.05, 4.69) is 31.2 Å². The van der Waals surface area contributed by atoms with Gasteiger partial charge in [0.1, 0.15) is 0 Å². The van der Waals surface area contributed by atoms with Crippen LogP contribution in [0.4, 0.5) is 5.00 Å². The molecule has 0 amide bonds. The van der Waals surface area contributed by atoms with E-state index in [9.17, 15) is 0 Å². The number of hydrogen-bond acceptors (Lipinski definition) is 2. The first kappa shape index (κ1) is 10.8. The number of benzene rings is 1. The first-order valence-electron chi connectivity index (χ1n) is 6.29. The van der Waals surface area contributed by atoms with Crippen molar-refractivity contribution in [3.05, 3.63) is 40.3 Å². The maximum absolute atomic E-state index is 6.17. The number of nitrogen functional groups attached to an aromatic ring is 1. The quantitative estimate of drug-likeness (QED) is 0.846. The van der Waals surface area contributed by atoms with Crippen LogP contribution in [0.25, 0.3) is 11.1 Å². The summed E-state index contributed by atoms with van der Waals surface area (Å²) in [6.07, 6.45) is 4.81.